The first kappa shape index (κ1) is 40.7. The topological polar surface area (TPSA) is 212 Å². The van der Waals surface area contributed by atoms with Gasteiger partial charge in [-0.05, 0) is 45.7 Å². The van der Waals surface area contributed by atoms with Crippen LogP contribution in [-0.4, -0.2) is 113 Å². The van der Waals surface area contributed by atoms with E-state index in [4.69, 9.17) is 24.1 Å². The zero-order valence-electron chi connectivity index (χ0n) is 28.4. The van der Waals surface area contributed by atoms with Gasteiger partial charge in [-0.1, -0.05) is 26.0 Å². The first-order valence-corrected chi connectivity index (χ1v) is 16.4. The number of fused-ring (bicyclic) bond motifs is 3. The number of likely N-dealkylation sites (N-methyl/N-ethyl adjacent to an activating group) is 1. The van der Waals surface area contributed by atoms with Gasteiger partial charge in [0.15, 0.2) is 5.78 Å². The number of ketones is 2. The molecule has 2 aromatic rings. The number of aldehydes is 1. The van der Waals surface area contributed by atoms with E-state index in [1.54, 1.807) is 6.07 Å². The summed E-state index contributed by atoms with van der Waals surface area (Å²) >= 11 is 0. The van der Waals surface area contributed by atoms with Gasteiger partial charge in [0.05, 0.1) is 54.8 Å². The van der Waals surface area contributed by atoms with E-state index in [2.05, 4.69) is 5.32 Å². The SMILES string of the molecule is C1CCOCC1.CC.CNC1CCOC(C)C1O.COc1cccc2c1C(=O)c1c(O)c3c(c(O)c1C2=O)CC(O)CC3O.O=CCO. The summed E-state index contributed by atoms with van der Waals surface area (Å²) in [6.07, 6.45) is 2.63. The fraction of sp³-hybridized carbons (Fsp3) is 0.571. The van der Waals surface area contributed by atoms with Crippen LogP contribution in [0.2, 0.25) is 0 Å². The number of methoxy groups -OCH3 is 1. The van der Waals surface area contributed by atoms with Crippen LogP contribution in [0.15, 0.2) is 18.2 Å². The standard InChI is InChI=1S/C19H16O7.C7H15NO2.C5H10O.C2H4O2.C2H6/c1-26-11-4-2-3-8-13(11)19(25)15-14(16(8)22)17(23)9-5-7(20)6-10(21)12(9)18(15)24;1-5-7(9)6(8-2)3-4-10-5;1-2-4-6-5-3-1;3-1-2-4;1-2/h2-4,7,10,20-21,23-24H,5-6H2,1H3;5-9H,3-4H2,1-2H3;1-5H2;1,4H,2H2;1-2H3. The molecule has 13 heteroatoms. The van der Waals surface area contributed by atoms with Crippen molar-refractivity contribution in [1.82, 2.24) is 5.32 Å². The smallest absolute Gasteiger partial charge is 0.202 e. The molecule has 5 atom stereocenters. The number of phenols is 2. The van der Waals surface area contributed by atoms with Crippen molar-refractivity contribution < 1.29 is 59.2 Å². The van der Waals surface area contributed by atoms with Crippen LogP contribution in [-0.2, 0) is 20.7 Å². The lowest BCUT2D eigenvalue weighted by Crippen LogP contribution is -2.49. The average Bonchev–Trinajstić information content (AvgIpc) is 3.11. The van der Waals surface area contributed by atoms with Crippen LogP contribution in [0.25, 0.3) is 0 Å². The van der Waals surface area contributed by atoms with Crippen LogP contribution in [0.3, 0.4) is 0 Å². The first-order chi connectivity index (χ1) is 23.0. The molecule has 2 saturated heterocycles. The Balaban J connectivity index is 0.000000296. The van der Waals surface area contributed by atoms with Crippen LogP contribution in [0.1, 0.15) is 102 Å². The Kier molecular flexibility index (Phi) is 17.1. The van der Waals surface area contributed by atoms with E-state index in [1.165, 1.54) is 38.5 Å². The molecule has 13 nitrogen and oxygen atoms in total. The molecule has 0 amide bonds. The van der Waals surface area contributed by atoms with Crippen molar-refractivity contribution in [3.8, 4) is 17.2 Å². The molecule has 2 fully saturated rings. The summed E-state index contributed by atoms with van der Waals surface area (Å²) in [5.74, 6) is -2.14. The number of rotatable bonds is 3. The van der Waals surface area contributed by atoms with Gasteiger partial charge in [-0.15, -0.1) is 0 Å². The lowest BCUT2D eigenvalue weighted by molar-refractivity contribution is -0.110. The van der Waals surface area contributed by atoms with Crippen LogP contribution in [0.4, 0.5) is 0 Å². The van der Waals surface area contributed by atoms with E-state index in [0.717, 1.165) is 26.2 Å². The van der Waals surface area contributed by atoms with E-state index >= 15 is 0 Å². The molecular formula is C35H51NO12. The summed E-state index contributed by atoms with van der Waals surface area (Å²) < 4.78 is 15.5. The molecule has 5 unspecified atom stereocenters. The number of aliphatic hydroxyl groups is 4. The van der Waals surface area contributed by atoms with E-state index in [9.17, 15) is 35.1 Å². The molecule has 268 valence electrons. The highest BCUT2D eigenvalue weighted by Gasteiger charge is 2.42. The monoisotopic (exact) mass is 677 g/mol. The van der Waals surface area contributed by atoms with Gasteiger partial charge in [0.1, 0.15) is 23.5 Å². The van der Waals surface area contributed by atoms with Crippen molar-refractivity contribution in [3.05, 3.63) is 51.6 Å². The number of hydrogen-bond donors (Lipinski definition) is 7. The first-order valence-electron chi connectivity index (χ1n) is 16.4. The third kappa shape index (κ3) is 9.59. The quantitative estimate of drug-likeness (QED) is 0.157. The third-order valence-electron chi connectivity index (χ3n) is 8.26. The minimum absolute atomic E-state index is 0.00693. The second kappa shape index (κ2) is 20.2. The zero-order chi connectivity index (χ0) is 36.0. The zero-order valence-corrected chi connectivity index (χ0v) is 28.4. The van der Waals surface area contributed by atoms with E-state index in [-0.39, 0.29) is 76.8 Å². The highest BCUT2D eigenvalue weighted by atomic mass is 16.5. The molecule has 2 heterocycles. The van der Waals surface area contributed by atoms with Crippen LogP contribution in [0.5, 0.6) is 17.2 Å². The number of aromatic hydroxyl groups is 2. The fourth-order valence-corrected chi connectivity index (χ4v) is 5.86. The van der Waals surface area contributed by atoms with Gasteiger partial charge in [-0.25, -0.2) is 0 Å². The van der Waals surface area contributed by atoms with Crippen molar-refractivity contribution in [3.63, 3.8) is 0 Å². The minimum atomic E-state index is -1.26. The molecule has 48 heavy (non-hydrogen) atoms. The molecular weight excluding hydrogens is 626 g/mol. The molecule has 0 saturated carbocycles. The van der Waals surface area contributed by atoms with Gasteiger partial charge < -0.3 is 55.0 Å². The molecule has 2 aromatic carbocycles. The molecule has 2 aliphatic carbocycles. The maximum atomic E-state index is 13.0. The summed E-state index contributed by atoms with van der Waals surface area (Å²) in [5, 5.41) is 61.4. The van der Waals surface area contributed by atoms with Gasteiger partial charge in [0.25, 0.3) is 0 Å². The van der Waals surface area contributed by atoms with E-state index < -0.39 is 35.3 Å². The lowest BCUT2D eigenvalue weighted by Gasteiger charge is -2.32. The molecule has 0 radical (unpaired) electrons. The van der Waals surface area contributed by atoms with Crippen LogP contribution < -0.4 is 10.1 Å². The van der Waals surface area contributed by atoms with E-state index in [0.29, 0.717) is 6.29 Å². The minimum Gasteiger partial charge on any atom is -0.507 e. The number of phenolic OH excluding ortho intramolecular Hbond substituents is 2. The number of ether oxygens (including phenoxy) is 3. The molecule has 7 N–H and O–H groups in total. The van der Waals surface area contributed by atoms with Gasteiger partial charge in [-0.3, -0.25) is 9.59 Å². The van der Waals surface area contributed by atoms with Crippen LogP contribution in [0, 0.1) is 0 Å². The summed E-state index contributed by atoms with van der Waals surface area (Å²) in [5.41, 5.74) is -0.529. The number of aliphatic hydroxyl groups excluding tert-OH is 4. The lowest BCUT2D eigenvalue weighted by atomic mass is 9.76. The Morgan fingerprint density at radius 3 is 2.08 bits per heavy atom. The maximum Gasteiger partial charge on any atom is 0.202 e. The van der Waals surface area contributed by atoms with Gasteiger partial charge >= 0.3 is 0 Å². The third-order valence-corrected chi connectivity index (χ3v) is 8.26. The molecule has 4 aliphatic rings. The second-order valence-electron chi connectivity index (χ2n) is 11.3. The molecule has 0 spiro atoms. The summed E-state index contributed by atoms with van der Waals surface area (Å²) in [6, 6.07) is 4.73. The van der Waals surface area contributed by atoms with Crippen LogP contribution >= 0.6 is 0 Å². The summed E-state index contributed by atoms with van der Waals surface area (Å²) in [4.78, 5) is 34.9. The largest absolute Gasteiger partial charge is 0.507 e. The number of carbonyl (C=O) groups is 3. The van der Waals surface area contributed by atoms with Crippen molar-refractivity contribution in [2.75, 3.05) is 40.6 Å². The Labute approximate surface area is 281 Å². The predicted octanol–water partition coefficient (Wildman–Crippen LogP) is 2.36. The Morgan fingerprint density at radius 1 is 0.958 bits per heavy atom. The molecule has 6 rings (SSSR count). The predicted molar refractivity (Wildman–Crippen MR) is 177 cm³/mol. The normalized spacial score (nSPS) is 23.7. The van der Waals surface area contributed by atoms with E-state index in [1.807, 2.05) is 27.8 Å². The molecule has 0 aromatic heterocycles. The maximum absolute atomic E-state index is 13.0. The molecule has 0 bridgehead atoms. The summed E-state index contributed by atoms with van der Waals surface area (Å²) in [7, 11) is 3.23. The van der Waals surface area contributed by atoms with Crippen molar-refractivity contribution in [1.29, 1.82) is 0 Å². The Hall–Kier alpha value is -3.43. The number of nitrogens with one attached hydrogen (secondary N) is 1. The average molecular weight is 678 g/mol. The number of carbonyl (C=O) groups excluding carboxylic acids is 3. The highest BCUT2D eigenvalue weighted by Crippen LogP contribution is 2.49. The van der Waals surface area contributed by atoms with Gasteiger partial charge in [0, 0.05) is 55.4 Å². The number of hydrogen-bond acceptors (Lipinski definition) is 13. The fourth-order valence-electron chi connectivity index (χ4n) is 5.86. The second-order valence-corrected chi connectivity index (χ2v) is 11.3. The molecule has 2 aliphatic heterocycles. The summed E-state index contributed by atoms with van der Waals surface area (Å²) in [6.45, 7) is 8.29. The number of benzene rings is 2. The van der Waals surface area contributed by atoms with Gasteiger partial charge in [0.2, 0.25) is 5.78 Å². The van der Waals surface area contributed by atoms with Gasteiger partial charge in [-0.2, -0.15) is 0 Å². The Bertz CT molecular complexity index is 1350. The van der Waals surface area contributed by atoms with Crippen molar-refractivity contribution in [2.45, 2.75) is 89.8 Å². The Morgan fingerprint density at radius 2 is 1.58 bits per heavy atom. The van der Waals surface area contributed by atoms with Crippen molar-refractivity contribution in [2.24, 2.45) is 0 Å². The van der Waals surface area contributed by atoms with Crippen molar-refractivity contribution >= 4 is 17.9 Å². The highest BCUT2D eigenvalue weighted by molar-refractivity contribution is 6.31.